The minimum absolute atomic E-state index is 0.0639. The number of hydrogen-bond acceptors (Lipinski definition) is 2. The predicted molar refractivity (Wildman–Crippen MR) is 64.3 cm³/mol. The molecule has 1 amide bonds. The molecule has 0 aliphatic rings. The van der Waals surface area contributed by atoms with Gasteiger partial charge in [-0.3, -0.25) is 4.79 Å². The van der Waals surface area contributed by atoms with E-state index in [0.717, 1.165) is 5.56 Å². The largest absolute Gasteiger partial charge is 0.326 e. The van der Waals surface area contributed by atoms with Gasteiger partial charge in [0, 0.05) is 18.0 Å². The minimum atomic E-state index is -0.0639. The van der Waals surface area contributed by atoms with Gasteiger partial charge in [0.15, 0.2) is 0 Å². The van der Waals surface area contributed by atoms with E-state index in [4.69, 9.17) is 16.9 Å². The van der Waals surface area contributed by atoms with E-state index in [9.17, 15) is 4.79 Å². The second-order valence-corrected chi connectivity index (χ2v) is 3.71. The fourth-order valence-electron chi connectivity index (χ4n) is 1.32. The molecule has 84 valence electrons. The lowest BCUT2D eigenvalue weighted by atomic mass is 10.1. The van der Waals surface area contributed by atoms with Gasteiger partial charge in [-0.15, -0.1) is 11.6 Å². The highest BCUT2D eigenvalue weighted by Gasteiger charge is 2.05. The summed E-state index contributed by atoms with van der Waals surface area (Å²) in [6, 6.07) is 9.38. The number of hydrogen-bond donors (Lipinski definition) is 1. The number of halogens is 1. The maximum atomic E-state index is 11.5. The van der Waals surface area contributed by atoms with Crippen LogP contribution in [0.3, 0.4) is 0 Å². The fourth-order valence-corrected chi connectivity index (χ4v) is 1.46. The number of para-hydroxylation sites is 1. The maximum absolute atomic E-state index is 11.5. The molecule has 0 fully saturated rings. The van der Waals surface area contributed by atoms with Crippen molar-refractivity contribution in [3.8, 4) is 6.07 Å². The lowest BCUT2D eigenvalue weighted by Crippen LogP contribution is -2.12. The van der Waals surface area contributed by atoms with Crippen LogP contribution in [-0.4, -0.2) is 11.8 Å². The van der Waals surface area contributed by atoms with Crippen LogP contribution >= 0.6 is 11.6 Å². The van der Waals surface area contributed by atoms with Crippen molar-refractivity contribution in [2.75, 3.05) is 11.2 Å². The van der Waals surface area contributed by atoms with Gasteiger partial charge in [0.1, 0.15) is 0 Å². The van der Waals surface area contributed by atoms with Crippen molar-refractivity contribution in [3.05, 3.63) is 29.8 Å². The number of nitrogens with one attached hydrogen (secondary N) is 1. The van der Waals surface area contributed by atoms with Gasteiger partial charge in [-0.25, -0.2) is 0 Å². The highest BCUT2D eigenvalue weighted by Crippen LogP contribution is 2.15. The van der Waals surface area contributed by atoms with E-state index < -0.39 is 0 Å². The third kappa shape index (κ3) is 3.92. The lowest BCUT2D eigenvalue weighted by Gasteiger charge is -2.08. The van der Waals surface area contributed by atoms with Crippen LogP contribution in [0.4, 0.5) is 5.69 Å². The first-order valence-corrected chi connectivity index (χ1v) is 5.62. The Bertz CT molecular complexity index is 398. The second kappa shape index (κ2) is 6.86. The van der Waals surface area contributed by atoms with Crippen LogP contribution in [-0.2, 0) is 11.2 Å². The zero-order chi connectivity index (χ0) is 11.8. The molecule has 1 aromatic carbocycles. The number of anilines is 1. The number of alkyl halides is 1. The van der Waals surface area contributed by atoms with E-state index in [1.807, 2.05) is 18.2 Å². The van der Waals surface area contributed by atoms with Crippen LogP contribution in [0.25, 0.3) is 0 Å². The van der Waals surface area contributed by atoms with Crippen molar-refractivity contribution in [2.45, 2.75) is 19.3 Å². The highest BCUT2D eigenvalue weighted by molar-refractivity contribution is 6.18. The van der Waals surface area contributed by atoms with Crippen molar-refractivity contribution < 1.29 is 4.79 Å². The molecular formula is C12H13ClN2O. The molecule has 0 unspecified atom stereocenters. The molecule has 0 radical (unpaired) electrons. The summed E-state index contributed by atoms with van der Waals surface area (Å²) >= 11 is 5.51. The normalized spacial score (nSPS) is 9.50. The molecule has 0 spiro atoms. The minimum Gasteiger partial charge on any atom is -0.326 e. The molecule has 1 N–H and O–H groups in total. The summed E-state index contributed by atoms with van der Waals surface area (Å²) in [7, 11) is 0. The lowest BCUT2D eigenvalue weighted by molar-refractivity contribution is -0.116. The molecule has 1 aromatic rings. The van der Waals surface area contributed by atoms with Gasteiger partial charge in [-0.05, 0) is 18.1 Å². The van der Waals surface area contributed by atoms with Gasteiger partial charge in [-0.1, -0.05) is 18.2 Å². The van der Waals surface area contributed by atoms with Crippen LogP contribution in [0.2, 0.25) is 0 Å². The van der Waals surface area contributed by atoms with E-state index in [0.29, 0.717) is 30.8 Å². The summed E-state index contributed by atoms with van der Waals surface area (Å²) in [6.45, 7) is 0. The Balaban J connectivity index is 2.65. The smallest absolute Gasteiger partial charge is 0.224 e. The molecule has 0 aliphatic carbocycles. The monoisotopic (exact) mass is 236 g/mol. The SMILES string of the molecule is N#CCc1ccccc1NC(=O)CCCCl. The zero-order valence-corrected chi connectivity index (χ0v) is 9.63. The number of nitrogens with zero attached hydrogens (tertiary/aromatic N) is 1. The standard InChI is InChI=1S/C12H13ClN2O/c13-8-3-6-12(16)15-11-5-2-1-4-10(11)7-9-14/h1-2,4-5H,3,6-8H2,(H,15,16). The molecule has 0 atom stereocenters. The van der Waals surface area contributed by atoms with Gasteiger partial charge in [0.25, 0.3) is 0 Å². The highest BCUT2D eigenvalue weighted by atomic mass is 35.5. The molecular weight excluding hydrogens is 224 g/mol. The summed E-state index contributed by atoms with van der Waals surface area (Å²) < 4.78 is 0. The van der Waals surface area contributed by atoms with E-state index in [-0.39, 0.29) is 5.91 Å². The van der Waals surface area contributed by atoms with Crippen molar-refractivity contribution >= 4 is 23.2 Å². The molecule has 16 heavy (non-hydrogen) atoms. The van der Waals surface area contributed by atoms with Gasteiger partial charge in [0.2, 0.25) is 5.91 Å². The van der Waals surface area contributed by atoms with Crippen molar-refractivity contribution in [1.29, 1.82) is 5.26 Å². The van der Waals surface area contributed by atoms with E-state index >= 15 is 0 Å². The molecule has 3 nitrogen and oxygen atoms in total. The van der Waals surface area contributed by atoms with E-state index in [1.54, 1.807) is 6.07 Å². The Hall–Kier alpha value is -1.53. The van der Waals surface area contributed by atoms with Crippen molar-refractivity contribution in [1.82, 2.24) is 0 Å². The summed E-state index contributed by atoms with van der Waals surface area (Å²) in [4.78, 5) is 11.5. The van der Waals surface area contributed by atoms with Gasteiger partial charge >= 0.3 is 0 Å². The average molecular weight is 237 g/mol. The number of nitriles is 1. The number of carbonyl (C=O) groups excluding carboxylic acids is 1. The zero-order valence-electron chi connectivity index (χ0n) is 8.87. The molecule has 4 heteroatoms. The maximum Gasteiger partial charge on any atom is 0.224 e. The average Bonchev–Trinajstić information content (AvgIpc) is 2.29. The van der Waals surface area contributed by atoms with Crippen LogP contribution in [0.5, 0.6) is 0 Å². The van der Waals surface area contributed by atoms with Crippen molar-refractivity contribution in [2.24, 2.45) is 0 Å². The molecule has 0 aliphatic heterocycles. The van der Waals surface area contributed by atoms with Gasteiger partial charge in [-0.2, -0.15) is 5.26 Å². The Morgan fingerprint density at radius 1 is 1.44 bits per heavy atom. The number of amides is 1. The fraction of sp³-hybridized carbons (Fsp3) is 0.333. The molecule has 0 saturated heterocycles. The summed E-state index contributed by atoms with van der Waals surface area (Å²) in [6.07, 6.45) is 1.37. The second-order valence-electron chi connectivity index (χ2n) is 3.33. The molecule has 0 aromatic heterocycles. The Morgan fingerprint density at radius 2 is 2.19 bits per heavy atom. The van der Waals surface area contributed by atoms with Crippen LogP contribution < -0.4 is 5.32 Å². The van der Waals surface area contributed by atoms with Gasteiger partial charge < -0.3 is 5.32 Å². The third-order valence-electron chi connectivity index (χ3n) is 2.10. The molecule has 1 rings (SSSR count). The number of rotatable bonds is 5. The molecule has 0 heterocycles. The van der Waals surface area contributed by atoms with Crippen LogP contribution in [0, 0.1) is 11.3 Å². The number of benzene rings is 1. The van der Waals surface area contributed by atoms with E-state index in [2.05, 4.69) is 11.4 Å². The predicted octanol–water partition coefficient (Wildman–Crippen LogP) is 2.71. The Morgan fingerprint density at radius 3 is 2.88 bits per heavy atom. The Kier molecular flexibility index (Phi) is 5.38. The van der Waals surface area contributed by atoms with Crippen molar-refractivity contribution in [3.63, 3.8) is 0 Å². The summed E-state index contributed by atoms with van der Waals surface area (Å²) in [5.74, 6) is 0.416. The molecule has 0 bridgehead atoms. The van der Waals surface area contributed by atoms with Crippen LogP contribution in [0.1, 0.15) is 18.4 Å². The third-order valence-corrected chi connectivity index (χ3v) is 2.37. The first kappa shape index (κ1) is 12.5. The first-order chi connectivity index (χ1) is 7.77. The molecule has 0 saturated carbocycles. The van der Waals surface area contributed by atoms with Crippen LogP contribution in [0.15, 0.2) is 24.3 Å². The van der Waals surface area contributed by atoms with E-state index in [1.165, 1.54) is 0 Å². The quantitative estimate of drug-likeness (QED) is 0.800. The summed E-state index contributed by atoms with van der Waals surface area (Å²) in [5, 5.41) is 11.4. The summed E-state index contributed by atoms with van der Waals surface area (Å²) in [5.41, 5.74) is 1.55. The van der Waals surface area contributed by atoms with Gasteiger partial charge in [0.05, 0.1) is 12.5 Å². The topological polar surface area (TPSA) is 52.9 Å². The first-order valence-electron chi connectivity index (χ1n) is 5.08. The Labute approximate surface area is 100 Å². The number of carbonyl (C=O) groups is 1.